The second kappa shape index (κ2) is 7.47. The van der Waals surface area contributed by atoms with Crippen molar-refractivity contribution >= 4 is 23.2 Å². The molecule has 0 radical (unpaired) electrons. The highest BCUT2D eigenvalue weighted by Crippen LogP contribution is 2.34. The van der Waals surface area contributed by atoms with Gasteiger partial charge in [-0.1, -0.05) is 12.1 Å². The van der Waals surface area contributed by atoms with Crippen molar-refractivity contribution in [1.29, 1.82) is 0 Å². The Morgan fingerprint density at radius 2 is 1.92 bits per heavy atom. The van der Waals surface area contributed by atoms with Crippen LogP contribution in [0.2, 0.25) is 0 Å². The van der Waals surface area contributed by atoms with Crippen LogP contribution in [0.15, 0.2) is 30.3 Å². The predicted molar refractivity (Wildman–Crippen MR) is 98.9 cm³/mol. The van der Waals surface area contributed by atoms with E-state index in [9.17, 15) is 14.7 Å². The quantitative estimate of drug-likeness (QED) is 0.869. The summed E-state index contributed by atoms with van der Waals surface area (Å²) in [5, 5.41) is 9.42. The zero-order valence-electron chi connectivity index (χ0n) is 14.9. The number of rotatable bonds is 5. The van der Waals surface area contributed by atoms with E-state index in [4.69, 9.17) is 9.47 Å². The number of aliphatic carboxylic acids is 1. The van der Waals surface area contributed by atoms with Crippen LogP contribution in [0.3, 0.4) is 0 Å². The number of amides is 1. The van der Waals surface area contributed by atoms with Gasteiger partial charge < -0.3 is 19.5 Å². The van der Waals surface area contributed by atoms with E-state index in [1.165, 1.54) is 23.3 Å². The van der Waals surface area contributed by atoms with Gasteiger partial charge in [0, 0.05) is 25.0 Å². The summed E-state index contributed by atoms with van der Waals surface area (Å²) in [6.07, 6.45) is 0.0648. The van der Waals surface area contributed by atoms with Crippen molar-refractivity contribution in [2.24, 2.45) is 0 Å². The molecule has 3 rings (SSSR count). The molecule has 138 valence electrons. The smallest absolute Gasteiger partial charge is 0.326 e. The summed E-state index contributed by atoms with van der Waals surface area (Å²) in [5.41, 5.74) is 1.96. The van der Waals surface area contributed by atoms with Crippen molar-refractivity contribution in [2.45, 2.75) is 25.5 Å². The number of hydrogen-bond acceptors (Lipinski definition) is 5. The predicted octanol–water partition coefficient (Wildman–Crippen LogP) is 3.05. The molecule has 1 saturated heterocycles. The number of thiophene rings is 1. The number of carboxylic acid groups (broad SMARTS) is 1. The first-order valence-electron chi connectivity index (χ1n) is 8.26. The molecule has 1 amide bonds. The lowest BCUT2D eigenvalue weighted by molar-refractivity contribution is -0.141. The molecule has 1 aliphatic rings. The zero-order chi connectivity index (χ0) is 18.8. The van der Waals surface area contributed by atoms with E-state index >= 15 is 0 Å². The van der Waals surface area contributed by atoms with Gasteiger partial charge in [-0.3, -0.25) is 4.79 Å². The van der Waals surface area contributed by atoms with Crippen LogP contribution in [0.25, 0.3) is 11.1 Å². The van der Waals surface area contributed by atoms with Crippen LogP contribution in [0, 0.1) is 6.92 Å². The number of benzene rings is 1. The molecule has 1 aromatic carbocycles. The Morgan fingerprint density at radius 3 is 2.50 bits per heavy atom. The first kappa shape index (κ1) is 18.4. The first-order valence-corrected chi connectivity index (χ1v) is 9.07. The molecule has 26 heavy (non-hydrogen) atoms. The van der Waals surface area contributed by atoms with E-state index in [1.807, 2.05) is 37.3 Å². The average Bonchev–Trinajstić information content (AvgIpc) is 3.25. The number of methoxy groups -OCH3 is 2. The molecule has 2 aromatic rings. The summed E-state index contributed by atoms with van der Waals surface area (Å²) < 4.78 is 10.4. The summed E-state index contributed by atoms with van der Waals surface area (Å²) in [7, 11) is 3.15. The fourth-order valence-corrected chi connectivity index (χ4v) is 4.21. The monoisotopic (exact) mass is 375 g/mol. The maximum absolute atomic E-state index is 12.9. The van der Waals surface area contributed by atoms with Crippen LogP contribution in [-0.2, 0) is 9.53 Å². The number of hydrogen-bond donors (Lipinski definition) is 1. The molecule has 0 saturated carbocycles. The van der Waals surface area contributed by atoms with Crippen molar-refractivity contribution in [1.82, 2.24) is 4.90 Å². The third kappa shape index (κ3) is 3.45. The molecule has 1 aromatic heterocycles. The normalized spacial score (nSPS) is 19.6. The van der Waals surface area contributed by atoms with Gasteiger partial charge in [0.05, 0.1) is 18.1 Å². The van der Waals surface area contributed by atoms with Crippen molar-refractivity contribution in [3.05, 3.63) is 40.1 Å². The maximum atomic E-state index is 12.9. The Labute approximate surface area is 156 Å². The third-order valence-electron chi connectivity index (χ3n) is 4.67. The Hall–Kier alpha value is -2.38. The third-order valence-corrected chi connectivity index (χ3v) is 5.71. The van der Waals surface area contributed by atoms with Gasteiger partial charge >= 0.3 is 5.97 Å². The van der Waals surface area contributed by atoms with Crippen LogP contribution in [0.4, 0.5) is 0 Å². The van der Waals surface area contributed by atoms with E-state index in [0.29, 0.717) is 17.8 Å². The lowest BCUT2D eigenvalue weighted by Crippen LogP contribution is -2.40. The molecule has 7 heteroatoms. The van der Waals surface area contributed by atoms with E-state index in [2.05, 4.69) is 0 Å². The fraction of sp³-hybridized carbons (Fsp3) is 0.368. The molecule has 0 spiro atoms. The van der Waals surface area contributed by atoms with E-state index in [0.717, 1.165) is 21.8 Å². The van der Waals surface area contributed by atoms with Crippen molar-refractivity contribution in [2.75, 3.05) is 20.8 Å². The minimum Gasteiger partial charge on any atom is -0.497 e. The fourth-order valence-electron chi connectivity index (χ4n) is 3.21. The van der Waals surface area contributed by atoms with Gasteiger partial charge in [0.1, 0.15) is 11.8 Å². The summed E-state index contributed by atoms with van der Waals surface area (Å²) in [6.45, 7) is 2.25. The summed E-state index contributed by atoms with van der Waals surface area (Å²) >= 11 is 1.38. The summed E-state index contributed by atoms with van der Waals surface area (Å²) in [5.74, 6) is -0.490. The van der Waals surface area contributed by atoms with E-state index < -0.39 is 12.0 Å². The van der Waals surface area contributed by atoms with Crippen LogP contribution in [-0.4, -0.2) is 54.8 Å². The average molecular weight is 375 g/mol. The second-order valence-corrected chi connectivity index (χ2v) is 7.47. The summed E-state index contributed by atoms with van der Waals surface area (Å²) in [4.78, 5) is 27.4. The first-order chi connectivity index (χ1) is 12.4. The number of aryl methyl sites for hydroxylation is 1. The Morgan fingerprint density at radius 1 is 1.23 bits per heavy atom. The standard InChI is InChI=1S/C19H21NO5S/c1-11-15(12-4-6-13(24-2)7-5-12)9-17(26-11)18(21)20-10-14(25-3)8-16(20)19(22)23/h4-7,9,14,16H,8,10H2,1-3H3,(H,22,23). The molecule has 6 nitrogen and oxygen atoms in total. The molecule has 1 N–H and O–H groups in total. The lowest BCUT2D eigenvalue weighted by atomic mass is 10.1. The maximum Gasteiger partial charge on any atom is 0.326 e. The topological polar surface area (TPSA) is 76.1 Å². The van der Waals surface area contributed by atoms with Crippen molar-refractivity contribution in [3.8, 4) is 16.9 Å². The molecular weight excluding hydrogens is 354 g/mol. The van der Waals surface area contributed by atoms with Gasteiger partial charge in [-0.15, -0.1) is 11.3 Å². The van der Waals surface area contributed by atoms with Gasteiger partial charge in [-0.2, -0.15) is 0 Å². The molecule has 2 unspecified atom stereocenters. The van der Waals surface area contributed by atoms with Crippen molar-refractivity contribution in [3.63, 3.8) is 0 Å². The van der Waals surface area contributed by atoms with Crippen LogP contribution in [0.1, 0.15) is 21.0 Å². The van der Waals surface area contributed by atoms with Crippen LogP contribution in [0.5, 0.6) is 5.75 Å². The van der Waals surface area contributed by atoms with E-state index in [1.54, 1.807) is 7.11 Å². The minimum atomic E-state index is -0.999. The highest BCUT2D eigenvalue weighted by atomic mass is 32.1. The molecule has 1 aliphatic heterocycles. The number of carbonyl (C=O) groups excluding carboxylic acids is 1. The van der Waals surface area contributed by atoms with Gasteiger partial charge in [-0.25, -0.2) is 4.79 Å². The molecular formula is C19H21NO5S. The zero-order valence-corrected chi connectivity index (χ0v) is 15.7. The highest BCUT2D eigenvalue weighted by Gasteiger charge is 2.40. The highest BCUT2D eigenvalue weighted by molar-refractivity contribution is 7.14. The van der Waals surface area contributed by atoms with Gasteiger partial charge in [0.2, 0.25) is 0 Å². The minimum absolute atomic E-state index is 0.248. The second-order valence-electron chi connectivity index (χ2n) is 6.21. The molecule has 0 bridgehead atoms. The lowest BCUT2D eigenvalue weighted by Gasteiger charge is -2.20. The number of likely N-dealkylation sites (tertiary alicyclic amines) is 1. The van der Waals surface area contributed by atoms with Gasteiger partial charge in [0.25, 0.3) is 5.91 Å². The van der Waals surface area contributed by atoms with Crippen molar-refractivity contribution < 1.29 is 24.2 Å². The Bertz CT molecular complexity index is 814. The number of nitrogens with zero attached hydrogens (tertiary/aromatic N) is 1. The Kier molecular flexibility index (Phi) is 5.29. The van der Waals surface area contributed by atoms with Gasteiger partial charge in [0.15, 0.2) is 0 Å². The van der Waals surface area contributed by atoms with Crippen LogP contribution >= 0.6 is 11.3 Å². The van der Waals surface area contributed by atoms with Crippen LogP contribution < -0.4 is 4.74 Å². The molecule has 2 heterocycles. The molecule has 2 atom stereocenters. The summed E-state index contributed by atoms with van der Waals surface area (Å²) in [6, 6.07) is 8.62. The molecule has 0 aliphatic carbocycles. The number of carbonyl (C=O) groups is 2. The molecule has 1 fully saturated rings. The number of carboxylic acids is 1. The SMILES string of the molecule is COc1ccc(-c2cc(C(=O)N3CC(OC)CC3C(=O)O)sc2C)cc1. The Balaban J connectivity index is 1.87. The van der Waals surface area contributed by atoms with Gasteiger partial charge in [-0.05, 0) is 36.2 Å². The number of ether oxygens (including phenoxy) is 2. The largest absolute Gasteiger partial charge is 0.497 e. The van der Waals surface area contributed by atoms with E-state index in [-0.39, 0.29) is 12.0 Å².